The quantitative estimate of drug-likeness (QED) is 0.512. The highest BCUT2D eigenvalue weighted by atomic mass is 32.1. The molecule has 1 N–H and O–H groups in total. The molecule has 0 aromatic heterocycles. The first-order valence-electron chi connectivity index (χ1n) is 9.14. The van der Waals surface area contributed by atoms with E-state index in [1.54, 1.807) is 4.90 Å². The minimum atomic E-state index is -4.90. The highest BCUT2D eigenvalue weighted by Gasteiger charge is 2.37. The molecule has 2 aromatic carbocycles. The SMILES string of the molecule is FC(F)(F)c1cc(NC(=S)N2CCN(Cc3ccccc3)CC2)cc(C(F)(F)F)c1. The molecule has 1 heterocycles. The lowest BCUT2D eigenvalue weighted by atomic mass is 10.1. The van der Waals surface area contributed by atoms with Crippen LogP contribution in [0, 0.1) is 0 Å². The van der Waals surface area contributed by atoms with Gasteiger partial charge in [0.15, 0.2) is 5.11 Å². The molecular weight excluding hydrogens is 428 g/mol. The fourth-order valence-corrected chi connectivity index (χ4v) is 3.48. The summed E-state index contributed by atoms with van der Waals surface area (Å²) >= 11 is 5.23. The molecule has 162 valence electrons. The van der Waals surface area contributed by atoms with Crippen molar-refractivity contribution < 1.29 is 26.3 Å². The second-order valence-electron chi connectivity index (χ2n) is 6.97. The second-order valence-corrected chi connectivity index (χ2v) is 7.36. The zero-order chi connectivity index (χ0) is 21.9. The smallest absolute Gasteiger partial charge is 0.346 e. The van der Waals surface area contributed by atoms with Gasteiger partial charge >= 0.3 is 12.4 Å². The topological polar surface area (TPSA) is 18.5 Å². The molecule has 0 radical (unpaired) electrons. The summed E-state index contributed by atoms with van der Waals surface area (Å²) in [5.41, 5.74) is -1.94. The summed E-state index contributed by atoms with van der Waals surface area (Å²) in [4.78, 5) is 3.95. The van der Waals surface area contributed by atoms with Gasteiger partial charge in [-0.25, -0.2) is 0 Å². The van der Waals surface area contributed by atoms with Crippen molar-refractivity contribution in [3.05, 3.63) is 65.2 Å². The van der Waals surface area contributed by atoms with Gasteiger partial charge in [0.1, 0.15) is 0 Å². The molecule has 0 spiro atoms. The first-order valence-corrected chi connectivity index (χ1v) is 9.55. The predicted molar refractivity (Wildman–Crippen MR) is 106 cm³/mol. The molecule has 30 heavy (non-hydrogen) atoms. The number of thiocarbonyl (C=S) groups is 1. The molecule has 0 amide bonds. The van der Waals surface area contributed by atoms with E-state index in [0.717, 1.165) is 12.1 Å². The van der Waals surface area contributed by atoms with Gasteiger partial charge in [-0.2, -0.15) is 26.3 Å². The summed E-state index contributed by atoms with van der Waals surface area (Å²) in [6, 6.07) is 11.2. The summed E-state index contributed by atoms with van der Waals surface area (Å²) in [5.74, 6) is 0. The van der Waals surface area contributed by atoms with E-state index in [1.165, 1.54) is 0 Å². The molecule has 1 aliphatic heterocycles. The number of nitrogens with zero attached hydrogens (tertiary/aromatic N) is 2. The Morgan fingerprint density at radius 3 is 1.87 bits per heavy atom. The van der Waals surface area contributed by atoms with E-state index in [0.29, 0.717) is 38.3 Å². The summed E-state index contributed by atoms with van der Waals surface area (Å²) in [6.45, 7) is 3.14. The van der Waals surface area contributed by atoms with Crippen molar-refractivity contribution in [2.45, 2.75) is 18.9 Å². The highest BCUT2D eigenvalue weighted by Crippen LogP contribution is 2.37. The summed E-state index contributed by atoms with van der Waals surface area (Å²) in [7, 11) is 0. The van der Waals surface area contributed by atoms with Gasteiger partial charge in [-0.05, 0) is 36.0 Å². The molecule has 10 heteroatoms. The van der Waals surface area contributed by atoms with Crippen LogP contribution < -0.4 is 5.32 Å². The first kappa shape index (κ1) is 22.4. The normalized spacial score (nSPS) is 15.9. The van der Waals surface area contributed by atoms with E-state index in [1.807, 2.05) is 30.3 Å². The van der Waals surface area contributed by atoms with Crippen molar-refractivity contribution in [2.24, 2.45) is 0 Å². The molecule has 0 atom stereocenters. The van der Waals surface area contributed by atoms with E-state index in [-0.39, 0.29) is 16.9 Å². The van der Waals surface area contributed by atoms with Crippen molar-refractivity contribution in [1.29, 1.82) is 0 Å². The van der Waals surface area contributed by atoms with Crippen LogP contribution in [0.3, 0.4) is 0 Å². The number of rotatable bonds is 3. The molecule has 3 rings (SSSR count). The van der Waals surface area contributed by atoms with Crippen molar-refractivity contribution in [3.63, 3.8) is 0 Å². The summed E-state index contributed by atoms with van der Waals surface area (Å²) in [5, 5.41) is 2.64. The van der Waals surface area contributed by atoms with E-state index in [4.69, 9.17) is 12.2 Å². The first-order chi connectivity index (χ1) is 14.0. The van der Waals surface area contributed by atoms with Gasteiger partial charge in [0.05, 0.1) is 11.1 Å². The standard InChI is InChI=1S/C20H19F6N3S/c21-19(22,23)15-10-16(20(24,25)26)12-17(11-15)27-18(30)29-8-6-28(7-9-29)13-14-4-2-1-3-5-14/h1-5,10-12H,6-9,13H2,(H,27,30). The van der Waals surface area contributed by atoms with E-state index >= 15 is 0 Å². The van der Waals surface area contributed by atoms with Crippen molar-refractivity contribution in [1.82, 2.24) is 9.80 Å². The van der Waals surface area contributed by atoms with Crippen LogP contribution in [0.15, 0.2) is 48.5 Å². The summed E-state index contributed by atoms with van der Waals surface area (Å²) in [6.07, 6.45) is -9.80. The Balaban J connectivity index is 1.65. The van der Waals surface area contributed by atoms with Crippen molar-refractivity contribution >= 4 is 23.0 Å². The average Bonchev–Trinajstić information content (AvgIpc) is 2.68. The number of alkyl halides is 6. The predicted octanol–water partition coefficient (Wildman–Crippen LogP) is 5.24. The number of benzene rings is 2. The summed E-state index contributed by atoms with van der Waals surface area (Å²) < 4.78 is 78.0. The molecule has 1 saturated heterocycles. The number of anilines is 1. The lowest BCUT2D eigenvalue weighted by Crippen LogP contribution is -2.49. The Hall–Kier alpha value is -2.33. The fourth-order valence-electron chi connectivity index (χ4n) is 3.18. The number of halogens is 6. The maximum atomic E-state index is 13.0. The van der Waals surface area contributed by atoms with Gasteiger partial charge in [0.25, 0.3) is 0 Å². The Labute approximate surface area is 175 Å². The maximum Gasteiger partial charge on any atom is 0.416 e. The van der Waals surface area contributed by atoms with Crippen molar-refractivity contribution in [3.8, 4) is 0 Å². The third-order valence-corrected chi connectivity index (χ3v) is 5.11. The third kappa shape index (κ3) is 5.85. The van der Waals surface area contributed by atoms with Gasteiger partial charge in [-0.1, -0.05) is 30.3 Å². The lowest BCUT2D eigenvalue weighted by Gasteiger charge is -2.36. The Kier molecular flexibility index (Phi) is 6.56. The van der Waals surface area contributed by atoms with E-state index in [2.05, 4.69) is 10.2 Å². The number of piperazine rings is 1. The minimum absolute atomic E-state index is 0.0938. The van der Waals surface area contributed by atoms with Crippen LogP contribution in [0.1, 0.15) is 16.7 Å². The zero-order valence-electron chi connectivity index (χ0n) is 15.7. The van der Waals surface area contributed by atoms with E-state index in [9.17, 15) is 26.3 Å². The largest absolute Gasteiger partial charge is 0.416 e. The Morgan fingerprint density at radius 2 is 1.37 bits per heavy atom. The molecule has 1 aliphatic rings. The molecule has 0 aliphatic carbocycles. The number of hydrogen-bond acceptors (Lipinski definition) is 2. The molecule has 0 unspecified atom stereocenters. The monoisotopic (exact) mass is 447 g/mol. The minimum Gasteiger partial charge on any atom is -0.346 e. The zero-order valence-corrected chi connectivity index (χ0v) is 16.5. The molecule has 3 nitrogen and oxygen atoms in total. The molecule has 0 saturated carbocycles. The van der Waals surface area contributed by atoms with Gasteiger partial charge < -0.3 is 10.2 Å². The average molecular weight is 447 g/mol. The number of hydrogen-bond donors (Lipinski definition) is 1. The van der Waals surface area contributed by atoms with Crippen molar-refractivity contribution in [2.75, 3.05) is 31.5 Å². The van der Waals surface area contributed by atoms with Crippen LogP contribution >= 0.6 is 12.2 Å². The van der Waals surface area contributed by atoms with Gasteiger partial charge in [-0.3, -0.25) is 4.90 Å². The van der Waals surface area contributed by atoms with Crippen LogP contribution in [0.5, 0.6) is 0 Å². The van der Waals surface area contributed by atoms with Crippen LogP contribution in [0.4, 0.5) is 32.0 Å². The maximum absolute atomic E-state index is 13.0. The van der Waals surface area contributed by atoms with Crippen LogP contribution in [-0.2, 0) is 18.9 Å². The number of nitrogens with one attached hydrogen (secondary N) is 1. The van der Waals surface area contributed by atoms with Crippen LogP contribution in [0.2, 0.25) is 0 Å². The Morgan fingerprint density at radius 1 is 0.833 bits per heavy atom. The molecule has 0 bridgehead atoms. The molecular formula is C20H19F6N3S. The Bertz CT molecular complexity index is 842. The van der Waals surface area contributed by atoms with Crippen LogP contribution in [-0.4, -0.2) is 41.1 Å². The second kappa shape index (κ2) is 8.81. The van der Waals surface area contributed by atoms with Gasteiger partial charge in [-0.15, -0.1) is 0 Å². The van der Waals surface area contributed by atoms with Crippen LogP contribution in [0.25, 0.3) is 0 Å². The fraction of sp³-hybridized carbons (Fsp3) is 0.350. The third-order valence-electron chi connectivity index (χ3n) is 4.75. The van der Waals surface area contributed by atoms with Gasteiger partial charge in [0.2, 0.25) is 0 Å². The van der Waals surface area contributed by atoms with E-state index < -0.39 is 23.5 Å². The molecule has 1 fully saturated rings. The molecule has 2 aromatic rings. The van der Waals surface area contributed by atoms with Gasteiger partial charge in [0, 0.05) is 38.4 Å². The highest BCUT2D eigenvalue weighted by molar-refractivity contribution is 7.80. The lowest BCUT2D eigenvalue weighted by molar-refractivity contribution is -0.143.